The molecule has 1 aliphatic heterocycles. The Balaban J connectivity index is 1.32. The Bertz CT molecular complexity index is 1310. The number of nitrogens with one attached hydrogen (secondary N) is 1. The van der Waals surface area contributed by atoms with Gasteiger partial charge < -0.3 is 19.1 Å². The molecule has 8 nitrogen and oxygen atoms in total. The van der Waals surface area contributed by atoms with Gasteiger partial charge >= 0.3 is 0 Å². The molecule has 4 aromatic rings. The molecule has 1 saturated heterocycles. The predicted octanol–water partition coefficient (Wildman–Crippen LogP) is 4.38. The highest BCUT2D eigenvalue weighted by atomic mass is 16.4. The van der Waals surface area contributed by atoms with Crippen molar-refractivity contribution in [2.45, 2.75) is 32.7 Å². The van der Waals surface area contributed by atoms with Gasteiger partial charge in [0.1, 0.15) is 17.2 Å². The highest BCUT2D eigenvalue weighted by Gasteiger charge is 2.29. The van der Waals surface area contributed by atoms with Gasteiger partial charge in [-0.3, -0.25) is 9.59 Å². The molecule has 0 atom stereocenters. The maximum Gasteiger partial charge on any atom is 0.287 e. The number of carbonyl (C=O) groups is 2. The molecule has 4 heterocycles. The lowest BCUT2D eigenvalue weighted by Gasteiger charge is -2.32. The summed E-state index contributed by atoms with van der Waals surface area (Å²) in [5, 5.41) is 7.69. The summed E-state index contributed by atoms with van der Waals surface area (Å²) in [5.41, 5.74) is 1.87. The molecule has 1 aliphatic rings. The number of benzene rings is 1. The summed E-state index contributed by atoms with van der Waals surface area (Å²) in [6.07, 6.45) is 3.09. The van der Waals surface area contributed by atoms with Crippen LogP contribution in [-0.2, 0) is 0 Å². The average Bonchev–Trinajstić information content (AvgIpc) is 3.59. The van der Waals surface area contributed by atoms with Gasteiger partial charge in [-0.25, -0.2) is 4.68 Å². The van der Waals surface area contributed by atoms with Gasteiger partial charge in [-0.05, 0) is 63.1 Å². The molecule has 0 radical (unpaired) electrons. The Labute approximate surface area is 197 Å². The minimum atomic E-state index is -0.225. The van der Waals surface area contributed by atoms with Gasteiger partial charge in [0.15, 0.2) is 11.5 Å². The van der Waals surface area contributed by atoms with Gasteiger partial charge in [0.25, 0.3) is 11.8 Å². The molecule has 1 N–H and O–H groups in total. The number of aryl methyl sites for hydroxylation is 2. The smallest absolute Gasteiger partial charge is 0.287 e. The first-order chi connectivity index (χ1) is 16.5. The van der Waals surface area contributed by atoms with Gasteiger partial charge in [-0.1, -0.05) is 18.2 Å². The molecular formula is C26H26N4O4. The minimum absolute atomic E-state index is 0.0128. The number of amides is 2. The summed E-state index contributed by atoms with van der Waals surface area (Å²) in [6, 6.07) is 16.8. The van der Waals surface area contributed by atoms with E-state index < -0.39 is 0 Å². The SMILES string of the molecule is Cc1ccc(C(=O)NC2CCN(C(=O)c3cn(-c4ccccc4)nc3-c3ccc(C)o3)CC2)o1. The Morgan fingerprint density at radius 2 is 1.65 bits per heavy atom. The van der Waals surface area contributed by atoms with Crippen molar-refractivity contribution in [1.29, 1.82) is 0 Å². The van der Waals surface area contributed by atoms with Crippen LogP contribution in [0.15, 0.2) is 69.6 Å². The van der Waals surface area contributed by atoms with Crippen LogP contribution in [0.2, 0.25) is 0 Å². The predicted molar refractivity (Wildman–Crippen MR) is 126 cm³/mol. The number of hydrogen-bond donors (Lipinski definition) is 1. The molecule has 3 aromatic heterocycles. The molecule has 174 valence electrons. The fraction of sp³-hybridized carbons (Fsp3) is 0.269. The molecule has 0 saturated carbocycles. The van der Waals surface area contributed by atoms with E-state index in [9.17, 15) is 9.59 Å². The first-order valence-corrected chi connectivity index (χ1v) is 11.4. The maximum absolute atomic E-state index is 13.5. The number of likely N-dealkylation sites (tertiary alicyclic amines) is 1. The molecule has 1 aromatic carbocycles. The van der Waals surface area contributed by atoms with Crippen LogP contribution in [-0.4, -0.2) is 45.6 Å². The third-order valence-corrected chi connectivity index (χ3v) is 6.02. The van der Waals surface area contributed by atoms with E-state index >= 15 is 0 Å². The van der Waals surface area contributed by atoms with Gasteiger partial charge in [-0.15, -0.1) is 0 Å². The van der Waals surface area contributed by atoms with Gasteiger partial charge in [0.2, 0.25) is 0 Å². The lowest BCUT2D eigenvalue weighted by Crippen LogP contribution is -2.46. The molecule has 0 unspecified atom stereocenters. The van der Waals surface area contributed by atoms with E-state index in [4.69, 9.17) is 8.83 Å². The van der Waals surface area contributed by atoms with Crippen molar-refractivity contribution >= 4 is 11.8 Å². The number of piperidine rings is 1. The molecule has 8 heteroatoms. The molecular weight excluding hydrogens is 432 g/mol. The summed E-state index contributed by atoms with van der Waals surface area (Å²) < 4.78 is 12.9. The second-order valence-corrected chi connectivity index (χ2v) is 8.53. The van der Waals surface area contributed by atoms with Crippen molar-refractivity contribution in [3.63, 3.8) is 0 Å². The molecule has 2 amide bonds. The van der Waals surface area contributed by atoms with Crippen LogP contribution in [0.25, 0.3) is 17.1 Å². The first-order valence-electron chi connectivity index (χ1n) is 11.4. The number of para-hydroxylation sites is 1. The molecule has 34 heavy (non-hydrogen) atoms. The van der Waals surface area contributed by atoms with Crippen molar-refractivity contribution in [2.24, 2.45) is 0 Å². The summed E-state index contributed by atoms with van der Waals surface area (Å²) in [7, 11) is 0. The zero-order chi connectivity index (χ0) is 23.7. The van der Waals surface area contributed by atoms with Gasteiger partial charge in [-0.2, -0.15) is 5.10 Å². The average molecular weight is 459 g/mol. The Morgan fingerprint density at radius 1 is 0.941 bits per heavy atom. The van der Waals surface area contributed by atoms with Crippen molar-refractivity contribution < 1.29 is 18.4 Å². The van der Waals surface area contributed by atoms with E-state index in [0.29, 0.717) is 54.5 Å². The fourth-order valence-electron chi connectivity index (χ4n) is 4.20. The lowest BCUT2D eigenvalue weighted by atomic mass is 10.0. The van der Waals surface area contributed by atoms with Crippen LogP contribution in [0, 0.1) is 13.8 Å². The summed E-state index contributed by atoms with van der Waals surface area (Å²) in [6.45, 7) is 4.74. The molecule has 0 aliphatic carbocycles. The van der Waals surface area contributed by atoms with Crippen molar-refractivity contribution in [1.82, 2.24) is 20.0 Å². The molecule has 5 rings (SSSR count). The summed E-state index contributed by atoms with van der Waals surface area (Å²) >= 11 is 0. The first kappa shape index (κ1) is 21.8. The standard InChI is InChI=1S/C26H26N4O4/c1-17-8-10-22(33-17)24-21(16-30(28-24)20-6-4-3-5-7-20)26(32)29-14-12-19(13-15-29)27-25(31)23-11-9-18(2)34-23/h3-11,16,19H,12-15H2,1-2H3,(H,27,31). The quantitative estimate of drug-likeness (QED) is 0.479. The summed E-state index contributed by atoms with van der Waals surface area (Å²) in [4.78, 5) is 27.7. The van der Waals surface area contributed by atoms with E-state index in [-0.39, 0.29) is 17.9 Å². The molecule has 0 spiro atoms. The van der Waals surface area contributed by atoms with Crippen LogP contribution >= 0.6 is 0 Å². The van der Waals surface area contributed by atoms with Crippen LogP contribution in [0.5, 0.6) is 0 Å². The van der Waals surface area contributed by atoms with Gasteiger partial charge in [0.05, 0.1) is 11.3 Å². The van der Waals surface area contributed by atoms with E-state index in [1.54, 1.807) is 29.9 Å². The number of carbonyl (C=O) groups excluding carboxylic acids is 2. The van der Waals surface area contributed by atoms with Crippen LogP contribution < -0.4 is 5.32 Å². The van der Waals surface area contributed by atoms with Crippen molar-refractivity contribution in [3.05, 3.63) is 83.6 Å². The number of furan rings is 2. The monoisotopic (exact) mass is 458 g/mol. The lowest BCUT2D eigenvalue weighted by molar-refractivity contribution is 0.0696. The summed E-state index contributed by atoms with van der Waals surface area (Å²) in [5.74, 6) is 2.00. The second-order valence-electron chi connectivity index (χ2n) is 8.53. The van der Waals surface area contributed by atoms with Gasteiger partial charge in [0, 0.05) is 25.3 Å². The van der Waals surface area contributed by atoms with E-state index in [1.165, 1.54) is 0 Å². The van der Waals surface area contributed by atoms with E-state index in [2.05, 4.69) is 10.4 Å². The minimum Gasteiger partial charge on any atom is -0.460 e. The highest BCUT2D eigenvalue weighted by Crippen LogP contribution is 2.27. The zero-order valence-electron chi connectivity index (χ0n) is 19.2. The number of hydrogen-bond acceptors (Lipinski definition) is 5. The van der Waals surface area contributed by atoms with Crippen molar-refractivity contribution in [2.75, 3.05) is 13.1 Å². The second kappa shape index (κ2) is 9.05. The third-order valence-electron chi connectivity index (χ3n) is 6.02. The highest BCUT2D eigenvalue weighted by molar-refractivity contribution is 5.99. The molecule has 0 bridgehead atoms. The zero-order valence-corrected chi connectivity index (χ0v) is 19.2. The van der Waals surface area contributed by atoms with Crippen LogP contribution in [0.3, 0.4) is 0 Å². The van der Waals surface area contributed by atoms with E-state index in [1.807, 2.05) is 54.3 Å². The third kappa shape index (κ3) is 4.39. The topological polar surface area (TPSA) is 93.5 Å². The Kier molecular flexibility index (Phi) is 5.79. The Hall–Kier alpha value is -4.07. The molecule has 1 fully saturated rings. The largest absolute Gasteiger partial charge is 0.460 e. The van der Waals surface area contributed by atoms with Crippen LogP contribution in [0.1, 0.15) is 45.3 Å². The Morgan fingerprint density at radius 3 is 2.29 bits per heavy atom. The van der Waals surface area contributed by atoms with Crippen LogP contribution in [0.4, 0.5) is 0 Å². The number of nitrogens with zero attached hydrogens (tertiary/aromatic N) is 3. The number of rotatable bonds is 5. The normalized spacial score (nSPS) is 14.4. The van der Waals surface area contributed by atoms with Crippen molar-refractivity contribution in [3.8, 4) is 17.1 Å². The maximum atomic E-state index is 13.5. The number of aromatic nitrogens is 2. The van der Waals surface area contributed by atoms with E-state index in [0.717, 1.165) is 11.4 Å². The fourth-order valence-corrected chi connectivity index (χ4v) is 4.20.